The second kappa shape index (κ2) is 9.39. The third-order valence-electron chi connectivity index (χ3n) is 4.75. The number of methoxy groups -OCH3 is 1. The van der Waals surface area contributed by atoms with Gasteiger partial charge in [-0.2, -0.15) is 0 Å². The van der Waals surface area contributed by atoms with Gasteiger partial charge in [-0.05, 0) is 48.7 Å². The highest BCUT2D eigenvalue weighted by Crippen LogP contribution is 2.24. The van der Waals surface area contributed by atoms with Crippen molar-refractivity contribution in [2.75, 3.05) is 19.5 Å². The summed E-state index contributed by atoms with van der Waals surface area (Å²) in [5, 5.41) is 11.4. The number of benzene rings is 2. The smallest absolute Gasteiger partial charge is 0.262 e. The maximum absolute atomic E-state index is 13.0. The largest absolute Gasteiger partial charge is 0.385 e. The number of rotatable bonds is 8. The van der Waals surface area contributed by atoms with Crippen molar-refractivity contribution in [2.45, 2.75) is 24.5 Å². The van der Waals surface area contributed by atoms with Crippen LogP contribution in [0.15, 0.2) is 52.4 Å². The van der Waals surface area contributed by atoms with Gasteiger partial charge in [0.15, 0.2) is 5.16 Å². The van der Waals surface area contributed by atoms with Crippen molar-refractivity contribution in [3.8, 4) is 0 Å². The van der Waals surface area contributed by atoms with Crippen LogP contribution in [0, 0.1) is 0 Å². The zero-order valence-corrected chi connectivity index (χ0v) is 18.7. The zero-order valence-electron chi connectivity index (χ0n) is 16.3. The molecule has 4 aromatic rings. The summed E-state index contributed by atoms with van der Waals surface area (Å²) in [7, 11) is 1.65. The normalized spacial score (nSPS) is 11.6. The van der Waals surface area contributed by atoms with Crippen molar-refractivity contribution in [1.29, 1.82) is 0 Å². The molecule has 0 spiro atoms. The predicted octanol–water partition coefficient (Wildman–Crippen LogP) is 4.72. The van der Waals surface area contributed by atoms with E-state index < -0.39 is 0 Å². The van der Waals surface area contributed by atoms with E-state index in [4.69, 9.17) is 27.9 Å². The van der Waals surface area contributed by atoms with E-state index in [1.165, 1.54) is 0 Å². The fraction of sp³-hybridized carbons (Fsp3) is 0.286. The summed E-state index contributed by atoms with van der Waals surface area (Å²) in [6.45, 7) is 1.09. The number of nitrogens with zero attached hydrogens (tertiary/aromatic N) is 4. The number of fused-ring (bicyclic) bond motifs is 3. The standard InChI is InChI=1S/C21H20Cl2N4O2S/c1-29-9-4-8-26-19(28)17-5-2-3-6-18(17)27-20(26)24-25-21(27)30-10-7-14-11-15(22)13-16(23)12-14/h2-3,5-6,11-13H,4,7-10H2,1H3. The summed E-state index contributed by atoms with van der Waals surface area (Å²) in [6, 6.07) is 13.1. The Morgan fingerprint density at radius 3 is 2.63 bits per heavy atom. The van der Waals surface area contributed by atoms with Gasteiger partial charge in [-0.1, -0.05) is 47.1 Å². The monoisotopic (exact) mass is 462 g/mol. The molecule has 2 heterocycles. The minimum atomic E-state index is -0.0632. The summed E-state index contributed by atoms with van der Waals surface area (Å²) in [4.78, 5) is 13.0. The molecule has 0 bridgehead atoms. The highest BCUT2D eigenvalue weighted by Gasteiger charge is 2.16. The van der Waals surface area contributed by atoms with Gasteiger partial charge >= 0.3 is 0 Å². The molecule has 0 aliphatic heterocycles. The van der Waals surface area contributed by atoms with Crippen LogP contribution >= 0.6 is 35.0 Å². The van der Waals surface area contributed by atoms with Crippen LogP contribution < -0.4 is 5.56 Å². The Morgan fingerprint density at radius 1 is 1.10 bits per heavy atom. The van der Waals surface area contributed by atoms with Gasteiger partial charge < -0.3 is 4.74 Å². The average molecular weight is 463 g/mol. The maximum Gasteiger partial charge on any atom is 0.262 e. The van der Waals surface area contributed by atoms with E-state index >= 15 is 0 Å². The molecule has 2 aromatic carbocycles. The van der Waals surface area contributed by atoms with Crippen molar-refractivity contribution in [2.24, 2.45) is 0 Å². The van der Waals surface area contributed by atoms with E-state index in [1.54, 1.807) is 29.5 Å². The predicted molar refractivity (Wildman–Crippen MR) is 122 cm³/mol. The molecule has 0 saturated carbocycles. The Morgan fingerprint density at radius 2 is 1.87 bits per heavy atom. The van der Waals surface area contributed by atoms with E-state index in [9.17, 15) is 4.79 Å². The van der Waals surface area contributed by atoms with Crippen LogP contribution in [-0.4, -0.2) is 38.6 Å². The molecule has 0 aliphatic carbocycles. The van der Waals surface area contributed by atoms with Crippen molar-refractivity contribution in [3.63, 3.8) is 0 Å². The van der Waals surface area contributed by atoms with Gasteiger partial charge in [-0.15, -0.1) is 10.2 Å². The van der Waals surface area contributed by atoms with Crippen LogP contribution in [0.4, 0.5) is 0 Å². The van der Waals surface area contributed by atoms with E-state index in [1.807, 2.05) is 40.8 Å². The maximum atomic E-state index is 13.0. The third-order valence-corrected chi connectivity index (χ3v) is 6.12. The Balaban J connectivity index is 1.68. The molecule has 156 valence electrons. The van der Waals surface area contributed by atoms with Gasteiger partial charge in [-0.3, -0.25) is 13.8 Å². The molecule has 2 aromatic heterocycles. The number of aryl methyl sites for hydroxylation is 2. The first-order valence-corrected chi connectivity index (χ1v) is 11.3. The second-order valence-electron chi connectivity index (χ2n) is 6.81. The van der Waals surface area contributed by atoms with Crippen LogP contribution in [0.2, 0.25) is 10.0 Å². The molecule has 0 unspecified atom stereocenters. The minimum Gasteiger partial charge on any atom is -0.385 e. The van der Waals surface area contributed by atoms with Gasteiger partial charge in [-0.25, -0.2) is 0 Å². The van der Waals surface area contributed by atoms with Crippen molar-refractivity contribution >= 4 is 51.6 Å². The zero-order chi connectivity index (χ0) is 21.1. The summed E-state index contributed by atoms with van der Waals surface area (Å²) < 4.78 is 8.77. The van der Waals surface area contributed by atoms with Crippen molar-refractivity contribution in [1.82, 2.24) is 19.2 Å². The van der Waals surface area contributed by atoms with E-state index in [2.05, 4.69) is 10.2 Å². The van der Waals surface area contributed by atoms with Crippen LogP contribution in [0.5, 0.6) is 0 Å². The van der Waals surface area contributed by atoms with Crippen LogP contribution in [-0.2, 0) is 17.7 Å². The molecule has 0 amide bonds. The number of halogens is 2. The second-order valence-corrected chi connectivity index (χ2v) is 8.75. The Hall–Kier alpha value is -2.06. The number of hydrogen-bond acceptors (Lipinski definition) is 5. The Labute approximate surface area is 187 Å². The lowest BCUT2D eigenvalue weighted by Gasteiger charge is -2.11. The molecule has 0 fully saturated rings. The molecule has 0 aliphatic rings. The first-order chi connectivity index (χ1) is 14.6. The topological polar surface area (TPSA) is 61.4 Å². The Kier molecular flexibility index (Phi) is 6.63. The van der Waals surface area contributed by atoms with E-state index in [0.29, 0.717) is 34.4 Å². The molecule has 0 atom stereocenters. The first kappa shape index (κ1) is 21.2. The van der Waals surface area contributed by atoms with Crippen molar-refractivity contribution in [3.05, 3.63) is 68.4 Å². The molecule has 9 heteroatoms. The van der Waals surface area contributed by atoms with Gasteiger partial charge in [0, 0.05) is 36.1 Å². The van der Waals surface area contributed by atoms with Gasteiger partial charge in [0.25, 0.3) is 5.56 Å². The van der Waals surface area contributed by atoms with Gasteiger partial charge in [0.1, 0.15) is 0 Å². The summed E-state index contributed by atoms with van der Waals surface area (Å²) in [5.41, 5.74) is 1.81. The SMILES string of the molecule is COCCCn1c(=O)c2ccccc2n2c(SCCc3cc(Cl)cc(Cl)c3)nnc12. The van der Waals surface area contributed by atoms with Gasteiger partial charge in [0.2, 0.25) is 5.78 Å². The van der Waals surface area contributed by atoms with E-state index in [0.717, 1.165) is 34.8 Å². The fourth-order valence-electron chi connectivity index (χ4n) is 3.41. The highest BCUT2D eigenvalue weighted by molar-refractivity contribution is 7.99. The molecule has 0 N–H and O–H groups in total. The molecule has 0 saturated heterocycles. The number of hydrogen-bond donors (Lipinski definition) is 0. The molecule has 0 radical (unpaired) electrons. The fourth-order valence-corrected chi connectivity index (χ4v) is 4.91. The minimum absolute atomic E-state index is 0.0632. The lowest BCUT2D eigenvalue weighted by Crippen LogP contribution is -2.24. The summed E-state index contributed by atoms with van der Waals surface area (Å²) in [6.07, 6.45) is 1.50. The lowest BCUT2D eigenvalue weighted by molar-refractivity contribution is 0.190. The molecular formula is C21H20Cl2N4O2S. The van der Waals surface area contributed by atoms with Crippen LogP contribution in [0.25, 0.3) is 16.7 Å². The van der Waals surface area contributed by atoms with E-state index in [-0.39, 0.29) is 5.56 Å². The molecule has 6 nitrogen and oxygen atoms in total. The highest BCUT2D eigenvalue weighted by atomic mass is 35.5. The number of thioether (sulfide) groups is 1. The summed E-state index contributed by atoms with van der Waals surface area (Å²) in [5.74, 6) is 1.32. The molecule has 4 rings (SSSR count). The first-order valence-electron chi connectivity index (χ1n) is 9.52. The van der Waals surface area contributed by atoms with Gasteiger partial charge in [0.05, 0.1) is 10.9 Å². The van der Waals surface area contributed by atoms with Crippen LogP contribution in [0.1, 0.15) is 12.0 Å². The average Bonchev–Trinajstić information content (AvgIpc) is 3.14. The lowest BCUT2D eigenvalue weighted by atomic mass is 10.2. The molecule has 30 heavy (non-hydrogen) atoms. The number of aromatic nitrogens is 4. The quantitative estimate of drug-likeness (QED) is 0.280. The summed E-state index contributed by atoms with van der Waals surface area (Å²) >= 11 is 13.8. The number of ether oxygens (including phenoxy) is 1. The Bertz CT molecular complexity index is 1230. The van der Waals surface area contributed by atoms with Crippen molar-refractivity contribution < 1.29 is 4.74 Å². The number of para-hydroxylation sites is 1. The third kappa shape index (κ3) is 4.34. The van der Waals surface area contributed by atoms with Crippen LogP contribution in [0.3, 0.4) is 0 Å². The molecular weight excluding hydrogens is 443 g/mol.